The van der Waals surface area contributed by atoms with Gasteiger partial charge in [-0.3, -0.25) is 4.79 Å². The first-order valence-corrected chi connectivity index (χ1v) is 9.12. The highest BCUT2D eigenvalue weighted by atomic mass is 79.9. The average Bonchev–Trinajstić information content (AvgIpc) is 3.04. The molecule has 5 nitrogen and oxygen atoms in total. The van der Waals surface area contributed by atoms with E-state index in [1.54, 1.807) is 6.20 Å². The van der Waals surface area contributed by atoms with E-state index in [1.165, 1.54) is 0 Å². The zero-order chi connectivity index (χ0) is 16.9. The number of piperidine rings is 1. The molecule has 3 rings (SSSR count). The quantitative estimate of drug-likeness (QED) is 0.701. The Morgan fingerprint density at radius 2 is 2.15 bits per heavy atom. The van der Waals surface area contributed by atoms with Crippen molar-refractivity contribution in [2.75, 3.05) is 13.1 Å². The molecular formula is C18H24BrCl2N3O2. The van der Waals surface area contributed by atoms with E-state index < -0.39 is 0 Å². The molecular weight excluding hydrogens is 441 g/mol. The lowest BCUT2D eigenvalue weighted by Crippen LogP contribution is -2.50. The van der Waals surface area contributed by atoms with Crippen LogP contribution in [-0.4, -0.2) is 30.0 Å². The zero-order valence-corrected chi connectivity index (χ0v) is 17.8. The van der Waals surface area contributed by atoms with E-state index in [0.717, 1.165) is 29.5 Å². The number of benzene rings is 1. The molecule has 2 atom stereocenters. The van der Waals surface area contributed by atoms with E-state index in [0.29, 0.717) is 30.4 Å². The van der Waals surface area contributed by atoms with Crippen LogP contribution in [0.3, 0.4) is 0 Å². The molecule has 1 fully saturated rings. The van der Waals surface area contributed by atoms with Gasteiger partial charge in [-0.25, -0.2) is 4.98 Å². The van der Waals surface area contributed by atoms with Gasteiger partial charge in [0.2, 0.25) is 5.91 Å². The summed E-state index contributed by atoms with van der Waals surface area (Å²) in [4.78, 5) is 16.4. The molecule has 1 aromatic heterocycles. The van der Waals surface area contributed by atoms with Gasteiger partial charge in [0.15, 0.2) is 11.7 Å². The van der Waals surface area contributed by atoms with Crippen LogP contribution in [0.15, 0.2) is 39.4 Å². The number of halogens is 3. The van der Waals surface area contributed by atoms with Crippen molar-refractivity contribution in [3.8, 4) is 11.3 Å². The summed E-state index contributed by atoms with van der Waals surface area (Å²) in [5.41, 5.74) is 0.961. The van der Waals surface area contributed by atoms with Crippen molar-refractivity contribution in [3.05, 3.63) is 40.8 Å². The van der Waals surface area contributed by atoms with Crippen molar-refractivity contribution in [2.45, 2.75) is 32.2 Å². The SMILES string of the molecule is CC1CCNCC1NC(=O)CCc1ncc(-c2ccccc2Br)o1.Cl.Cl. The molecule has 26 heavy (non-hydrogen) atoms. The first-order chi connectivity index (χ1) is 11.6. The van der Waals surface area contributed by atoms with E-state index >= 15 is 0 Å². The Morgan fingerprint density at radius 1 is 1.38 bits per heavy atom. The van der Waals surface area contributed by atoms with Gasteiger partial charge < -0.3 is 15.1 Å². The number of nitrogens with zero attached hydrogens (tertiary/aromatic N) is 1. The summed E-state index contributed by atoms with van der Waals surface area (Å²) in [5, 5.41) is 6.43. The lowest BCUT2D eigenvalue weighted by molar-refractivity contribution is -0.122. The van der Waals surface area contributed by atoms with Crippen molar-refractivity contribution in [1.82, 2.24) is 15.6 Å². The minimum absolute atomic E-state index is 0. The molecule has 0 radical (unpaired) electrons. The second kappa shape index (κ2) is 10.9. The second-order valence-corrected chi connectivity index (χ2v) is 7.10. The van der Waals surface area contributed by atoms with Crippen LogP contribution >= 0.6 is 40.7 Å². The Kier molecular flexibility index (Phi) is 9.64. The first kappa shape index (κ1) is 23.0. The zero-order valence-electron chi connectivity index (χ0n) is 14.5. The van der Waals surface area contributed by atoms with Crippen LogP contribution in [0.2, 0.25) is 0 Å². The Hall–Kier alpha value is -1.08. The van der Waals surface area contributed by atoms with Crippen LogP contribution in [0.5, 0.6) is 0 Å². The average molecular weight is 465 g/mol. The van der Waals surface area contributed by atoms with E-state index in [1.807, 2.05) is 24.3 Å². The first-order valence-electron chi connectivity index (χ1n) is 8.33. The Labute approximate surface area is 174 Å². The van der Waals surface area contributed by atoms with Crippen molar-refractivity contribution >= 4 is 46.7 Å². The number of aromatic nitrogens is 1. The summed E-state index contributed by atoms with van der Waals surface area (Å²) in [6.07, 6.45) is 3.70. The summed E-state index contributed by atoms with van der Waals surface area (Å²) in [6, 6.07) is 8.06. The van der Waals surface area contributed by atoms with Gasteiger partial charge in [0.25, 0.3) is 0 Å². The van der Waals surface area contributed by atoms with E-state index in [4.69, 9.17) is 4.42 Å². The van der Waals surface area contributed by atoms with Crippen molar-refractivity contribution in [2.24, 2.45) is 5.92 Å². The Morgan fingerprint density at radius 3 is 2.88 bits per heavy atom. The normalized spacial score (nSPS) is 19.2. The van der Waals surface area contributed by atoms with E-state index in [9.17, 15) is 4.79 Å². The Balaban J connectivity index is 0.00000169. The highest BCUT2D eigenvalue weighted by Gasteiger charge is 2.22. The van der Waals surface area contributed by atoms with E-state index in [-0.39, 0.29) is 36.8 Å². The molecule has 2 N–H and O–H groups in total. The molecule has 2 unspecified atom stereocenters. The molecule has 2 heterocycles. The highest BCUT2D eigenvalue weighted by Crippen LogP contribution is 2.28. The maximum Gasteiger partial charge on any atom is 0.220 e. The van der Waals surface area contributed by atoms with Gasteiger partial charge in [0.1, 0.15) is 0 Å². The van der Waals surface area contributed by atoms with E-state index in [2.05, 4.69) is 38.5 Å². The lowest BCUT2D eigenvalue weighted by Gasteiger charge is -2.30. The molecule has 1 aliphatic heterocycles. The van der Waals surface area contributed by atoms with Crippen LogP contribution in [0.1, 0.15) is 25.7 Å². The van der Waals surface area contributed by atoms with Gasteiger partial charge in [-0.05, 0) is 24.9 Å². The number of rotatable bonds is 5. The number of carbonyl (C=O) groups excluding carboxylic acids is 1. The number of nitrogens with one attached hydrogen (secondary N) is 2. The smallest absolute Gasteiger partial charge is 0.220 e. The molecule has 2 aromatic rings. The number of amides is 1. The summed E-state index contributed by atoms with van der Waals surface area (Å²) in [7, 11) is 0. The number of carbonyl (C=O) groups is 1. The van der Waals surface area contributed by atoms with Gasteiger partial charge in [-0.15, -0.1) is 24.8 Å². The van der Waals surface area contributed by atoms with Gasteiger partial charge in [-0.2, -0.15) is 0 Å². The van der Waals surface area contributed by atoms with Crippen LogP contribution in [0, 0.1) is 5.92 Å². The third-order valence-electron chi connectivity index (χ3n) is 4.43. The summed E-state index contributed by atoms with van der Waals surface area (Å²) in [5.74, 6) is 1.86. The van der Waals surface area contributed by atoms with Gasteiger partial charge in [-0.1, -0.05) is 41.1 Å². The molecule has 1 amide bonds. The molecule has 8 heteroatoms. The molecule has 0 saturated carbocycles. The molecule has 0 spiro atoms. The second-order valence-electron chi connectivity index (χ2n) is 6.24. The van der Waals surface area contributed by atoms with Crippen molar-refractivity contribution < 1.29 is 9.21 Å². The highest BCUT2D eigenvalue weighted by molar-refractivity contribution is 9.10. The fourth-order valence-electron chi connectivity index (χ4n) is 2.89. The summed E-state index contributed by atoms with van der Waals surface area (Å²) >= 11 is 3.51. The number of hydrogen-bond donors (Lipinski definition) is 2. The molecule has 1 saturated heterocycles. The molecule has 0 aliphatic carbocycles. The maximum absolute atomic E-state index is 12.1. The third kappa shape index (κ3) is 5.98. The van der Waals surface area contributed by atoms with Crippen molar-refractivity contribution in [1.29, 1.82) is 0 Å². The monoisotopic (exact) mass is 463 g/mol. The Bertz CT molecular complexity index is 711. The maximum atomic E-state index is 12.1. The standard InChI is InChI=1S/C18H22BrN3O2.2ClH/c1-12-8-9-20-10-15(12)22-17(23)6-7-18-21-11-16(24-18)13-4-2-3-5-14(13)19;;/h2-5,11-12,15,20H,6-10H2,1H3,(H,22,23);2*1H. The van der Waals surface area contributed by atoms with Gasteiger partial charge in [0.05, 0.1) is 6.20 Å². The molecule has 144 valence electrons. The molecule has 1 aromatic carbocycles. The third-order valence-corrected chi connectivity index (χ3v) is 5.12. The fourth-order valence-corrected chi connectivity index (χ4v) is 3.37. The van der Waals surface area contributed by atoms with Crippen LogP contribution in [0.4, 0.5) is 0 Å². The molecule has 0 bridgehead atoms. The number of aryl methyl sites for hydroxylation is 1. The summed E-state index contributed by atoms with van der Waals surface area (Å²) < 4.78 is 6.74. The van der Waals surface area contributed by atoms with Crippen LogP contribution in [-0.2, 0) is 11.2 Å². The number of hydrogen-bond acceptors (Lipinski definition) is 4. The minimum atomic E-state index is 0. The van der Waals surface area contributed by atoms with Crippen LogP contribution in [0.25, 0.3) is 11.3 Å². The summed E-state index contributed by atoms with van der Waals surface area (Å²) in [6.45, 7) is 4.06. The van der Waals surface area contributed by atoms with Crippen LogP contribution < -0.4 is 10.6 Å². The van der Waals surface area contributed by atoms with Crippen molar-refractivity contribution in [3.63, 3.8) is 0 Å². The lowest BCUT2D eigenvalue weighted by atomic mass is 9.95. The minimum Gasteiger partial charge on any atom is -0.441 e. The topological polar surface area (TPSA) is 67.2 Å². The largest absolute Gasteiger partial charge is 0.441 e. The predicted octanol–water partition coefficient (Wildman–Crippen LogP) is 3.99. The fraction of sp³-hybridized carbons (Fsp3) is 0.444. The van der Waals surface area contributed by atoms with Gasteiger partial charge in [0, 0.05) is 35.5 Å². The number of oxazole rings is 1. The van der Waals surface area contributed by atoms with Gasteiger partial charge >= 0.3 is 0 Å². The molecule has 1 aliphatic rings. The predicted molar refractivity (Wildman–Crippen MR) is 111 cm³/mol.